The Hall–Kier alpha value is -2.30. The number of hydrogen-bond donors (Lipinski definition) is 1. The Labute approximate surface area is 172 Å². The molecule has 2 aromatic heterocycles. The van der Waals surface area contributed by atoms with Gasteiger partial charge in [0.1, 0.15) is 0 Å². The molecule has 0 saturated carbocycles. The molecule has 6 nitrogen and oxygen atoms in total. The Morgan fingerprint density at radius 2 is 2.14 bits per heavy atom. The third-order valence-corrected chi connectivity index (χ3v) is 7.44. The summed E-state index contributed by atoms with van der Waals surface area (Å²) in [5.41, 5.74) is 5.21. The number of aromatic nitrogens is 3. The van der Waals surface area contributed by atoms with E-state index in [2.05, 4.69) is 41.6 Å². The first-order chi connectivity index (χ1) is 14.1. The molecule has 0 aromatic carbocycles. The molecule has 1 saturated heterocycles. The van der Waals surface area contributed by atoms with Crippen LogP contribution in [0, 0.1) is 12.8 Å². The van der Waals surface area contributed by atoms with Crippen molar-refractivity contribution in [3.63, 3.8) is 0 Å². The SMILES string of the molecule is CCc1nc(C)cn2nc(C3=CC(=O)N4C=C(C5CCNCC5)C=CC4P3)cc12. The van der Waals surface area contributed by atoms with E-state index < -0.39 is 0 Å². The number of amides is 1. The molecule has 2 aromatic rings. The van der Waals surface area contributed by atoms with Crippen LogP contribution in [0.15, 0.2) is 42.3 Å². The standard InChI is InChI=1S/C22H26N5OP/c1-3-17-19-10-18(25-27(19)12-14(2)24-17)20-11-21(28)26-13-16(4-5-22(26)29-20)15-6-8-23-9-7-15/h4-5,10-13,15,22-23,29H,3,6-9H2,1-2H3. The number of nitrogens with one attached hydrogen (secondary N) is 1. The summed E-state index contributed by atoms with van der Waals surface area (Å²) in [5.74, 6) is 0.710. The fourth-order valence-electron chi connectivity index (χ4n) is 4.42. The number of allylic oxidation sites excluding steroid dienone is 2. The van der Waals surface area contributed by atoms with Crippen LogP contribution in [0.2, 0.25) is 0 Å². The molecule has 29 heavy (non-hydrogen) atoms. The van der Waals surface area contributed by atoms with Gasteiger partial charge in [-0.25, -0.2) is 4.52 Å². The molecule has 2 atom stereocenters. The minimum Gasteiger partial charge on any atom is -0.317 e. The number of rotatable bonds is 3. The van der Waals surface area contributed by atoms with Crippen LogP contribution in [-0.2, 0) is 11.2 Å². The molecule has 1 amide bonds. The predicted octanol–water partition coefficient (Wildman–Crippen LogP) is 3.24. The molecule has 2 unspecified atom stereocenters. The number of nitrogens with zero attached hydrogens (tertiary/aromatic N) is 4. The van der Waals surface area contributed by atoms with Crippen LogP contribution in [0.25, 0.3) is 10.8 Å². The highest BCUT2D eigenvalue weighted by molar-refractivity contribution is 7.51. The summed E-state index contributed by atoms with van der Waals surface area (Å²) in [5, 5.41) is 9.21. The molecule has 1 N–H and O–H groups in total. The van der Waals surface area contributed by atoms with Crippen molar-refractivity contribution < 1.29 is 4.79 Å². The van der Waals surface area contributed by atoms with Gasteiger partial charge in [0.2, 0.25) is 0 Å². The van der Waals surface area contributed by atoms with E-state index in [1.165, 1.54) is 5.57 Å². The van der Waals surface area contributed by atoms with Gasteiger partial charge in [-0.05, 0) is 56.8 Å². The maximum atomic E-state index is 12.9. The maximum absolute atomic E-state index is 12.9. The molecular weight excluding hydrogens is 381 g/mol. The van der Waals surface area contributed by atoms with Gasteiger partial charge in [-0.15, -0.1) is 0 Å². The van der Waals surface area contributed by atoms with Crippen LogP contribution in [0.3, 0.4) is 0 Å². The molecule has 0 bridgehead atoms. The monoisotopic (exact) mass is 407 g/mol. The molecule has 1 fully saturated rings. The van der Waals surface area contributed by atoms with Crippen LogP contribution in [0.4, 0.5) is 0 Å². The van der Waals surface area contributed by atoms with Gasteiger partial charge in [-0.3, -0.25) is 9.78 Å². The van der Waals surface area contributed by atoms with Crippen LogP contribution in [-0.4, -0.2) is 44.3 Å². The van der Waals surface area contributed by atoms with Gasteiger partial charge in [0.25, 0.3) is 5.91 Å². The normalized spacial score (nSPS) is 23.4. The molecule has 7 heteroatoms. The molecule has 3 aliphatic rings. The quantitative estimate of drug-likeness (QED) is 0.794. The first-order valence-corrected chi connectivity index (χ1v) is 11.5. The first-order valence-electron chi connectivity index (χ1n) is 10.4. The van der Waals surface area contributed by atoms with Crippen LogP contribution in [0.1, 0.15) is 36.8 Å². The topological polar surface area (TPSA) is 62.5 Å². The molecule has 3 aliphatic heterocycles. The fraction of sp³-hybridized carbons (Fsp3) is 0.409. The second-order valence-corrected chi connectivity index (χ2v) is 9.37. The van der Waals surface area contributed by atoms with Gasteiger partial charge in [-0.2, -0.15) is 5.10 Å². The van der Waals surface area contributed by atoms with Gasteiger partial charge in [0, 0.05) is 17.6 Å². The predicted molar refractivity (Wildman–Crippen MR) is 117 cm³/mol. The van der Waals surface area contributed by atoms with Crippen molar-refractivity contribution in [1.29, 1.82) is 0 Å². The lowest BCUT2D eigenvalue weighted by Gasteiger charge is -2.35. The van der Waals surface area contributed by atoms with E-state index >= 15 is 0 Å². The second kappa shape index (κ2) is 7.51. The summed E-state index contributed by atoms with van der Waals surface area (Å²) in [4.78, 5) is 19.5. The Morgan fingerprint density at radius 3 is 2.93 bits per heavy atom. The van der Waals surface area contributed by atoms with Crippen molar-refractivity contribution in [2.24, 2.45) is 5.92 Å². The molecule has 0 spiro atoms. The van der Waals surface area contributed by atoms with Crippen LogP contribution < -0.4 is 5.32 Å². The minimum absolute atomic E-state index is 0.0570. The van der Waals surface area contributed by atoms with Gasteiger partial charge in [0.05, 0.1) is 34.6 Å². The number of aryl methyl sites for hydroxylation is 2. The average molecular weight is 407 g/mol. The van der Waals surface area contributed by atoms with E-state index in [-0.39, 0.29) is 11.7 Å². The lowest BCUT2D eigenvalue weighted by molar-refractivity contribution is -0.123. The Morgan fingerprint density at radius 1 is 1.31 bits per heavy atom. The highest BCUT2D eigenvalue weighted by Gasteiger charge is 2.31. The summed E-state index contributed by atoms with van der Waals surface area (Å²) in [7, 11) is 0.490. The summed E-state index contributed by atoms with van der Waals surface area (Å²) >= 11 is 0. The third-order valence-electron chi connectivity index (χ3n) is 5.96. The summed E-state index contributed by atoms with van der Waals surface area (Å²) in [6.45, 7) is 6.21. The smallest absolute Gasteiger partial charge is 0.252 e. The first kappa shape index (κ1) is 18.7. The summed E-state index contributed by atoms with van der Waals surface area (Å²) in [6, 6.07) is 2.08. The lowest BCUT2D eigenvalue weighted by Crippen LogP contribution is -2.37. The third kappa shape index (κ3) is 3.45. The maximum Gasteiger partial charge on any atom is 0.252 e. The van der Waals surface area contributed by atoms with Crippen molar-refractivity contribution in [3.05, 3.63) is 59.3 Å². The number of carbonyl (C=O) groups excluding carboxylic acids is 1. The molecule has 5 heterocycles. The number of hydrogen-bond acceptors (Lipinski definition) is 4. The lowest BCUT2D eigenvalue weighted by atomic mass is 9.89. The van der Waals surface area contributed by atoms with E-state index in [1.807, 2.05) is 22.5 Å². The van der Waals surface area contributed by atoms with E-state index in [0.717, 1.165) is 60.3 Å². The highest BCUT2D eigenvalue weighted by atomic mass is 31.1. The molecule has 5 rings (SSSR count). The van der Waals surface area contributed by atoms with Crippen molar-refractivity contribution >= 4 is 25.3 Å². The van der Waals surface area contributed by atoms with E-state index in [0.29, 0.717) is 14.5 Å². The van der Waals surface area contributed by atoms with Crippen LogP contribution in [0.5, 0.6) is 0 Å². The average Bonchev–Trinajstić information content (AvgIpc) is 3.17. The van der Waals surface area contributed by atoms with Crippen molar-refractivity contribution in [2.45, 2.75) is 38.9 Å². The van der Waals surface area contributed by atoms with Gasteiger partial charge in [0.15, 0.2) is 0 Å². The van der Waals surface area contributed by atoms with Crippen LogP contribution >= 0.6 is 8.58 Å². The second-order valence-electron chi connectivity index (χ2n) is 7.95. The number of carbonyl (C=O) groups is 1. The molecule has 0 aliphatic carbocycles. The minimum atomic E-state index is 0.0570. The van der Waals surface area contributed by atoms with E-state index in [9.17, 15) is 4.79 Å². The van der Waals surface area contributed by atoms with Gasteiger partial charge < -0.3 is 10.2 Å². The molecule has 0 radical (unpaired) electrons. The van der Waals surface area contributed by atoms with E-state index in [4.69, 9.17) is 5.10 Å². The Bertz CT molecular complexity index is 1060. The van der Waals surface area contributed by atoms with Crippen molar-refractivity contribution in [2.75, 3.05) is 13.1 Å². The van der Waals surface area contributed by atoms with Crippen molar-refractivity contribution in [1.82, 2.24) is 24.8 Å². The number of piperidine rings is 1. The Kier molecular flexibility index (Phi) is 4.84. The van der Waals surface area contributed by atoms with E-state index in [1.54, 1.807) is 6.08 Å². The Balaban J connectivity index is 1.45. The summed E-state index contributed by atoms with van der Waals surface area (Å²) < 4.78 is 1.91. The fourth-order valence-corrected chi connectivity index (χ4v) is 5.75. The summed E-state index contributed by atoms with van der Waals surface area (Å²) in [6.07, 6.45) is 13.4. The van der Waals surface area contributed by atoms with Gasteiger partial charge in [-0.1, -0.05) is 27.7 Å². The zero-order valence-electron chi connectivity index (χ0n) is 16.9. The van der Waals surface area contributed by atoms with Gasteiger partial charge >= 0.3 is 0 Å². The molecule has 150 valence electrons. The largest absolute Gasteiger partial charge is 0.317 e. The number of fused-ring (bicyclic) bond motifs is 2. The zero-order chi connectivity index (χ0) is 20.0. The zero-order valence-corrected chi connectivity index (χ0v) is 17.9. The molecular formula is C22H26N5OP. The van der Waals surface area contributed by atoms with Crippen molar-refractivity contribution in [3.8, 4) is 0 Å². The highest BCUT2D eigenvalue weighted by Crippen LogP contribution is 2.45.